The highest BCUT2D eigenvalue weighted by Crippen LogP contribution is 2.43. The van der Waals surface area contributed by atoms with Crippen LogP contribution in [0.4, 0.5) is 35.1 Å². The van der Waals surface area contributed by atoms with Crippen molar-refractivity contribution in [2.24, 2.45) is 0 Å². The normalized spacial score (nSPS) is 11.8. The van der Waals surface area contributed by atoms with Gasteiger partial charge in [-0.25, -0.2) is 13.6 Å². The van der Waals surface area contributed by atoms with E-state index in [4.69, 9.17) is 9.47 Å². The lowest BCUT2D eigenvalue weighted by Crippen LogP contribution is -2.24. The van der Waals surface area contributed by atoms with Crippen LogP contribution in [0.2, 0.25) is 0 Å². The number of halogens is 8. The summed E-state index contributed by atoms with van der Waals surface area (Å²) in [7, 11) is 0. The Bertz CT molecular complexity index is 1730. The van der Waals surface area contributed by atoms with Crippen molar-refractivity contribution in [2.45, 2.75) is 44.6 Å². The van der Waals surface area contributed by atoms with Gasteiger partial charge in [0.2, 0.25) is 0 Å². The third-order valence-electron chi connectivity index (χ3n) is 7.47. The van der Waals surface area contributed by atoms with Crippen molar-refractivity contribution in [3.05, 3.63) is 113 Å². The number of hydrogen-bond donors (Lipinski definition) is 2. The Labute approximate surface area is 281 Å². The second kappa shape index (κ2) is 16.6. The Balaban J connectivity index is 1.54. The zero-order valence-electron chi connectivity index (χ0n) is 26.3. The molecule has 0 saturated carbocycles. The van der Waals surface area contributed by atoms with Crippen LogP contribution in [-0.2, 0) is 28.5 Å². The highest BCUT2D eigenvalue weighted by Gasteiger charge is 2.32. The largest absolute Gasteiger partial charge is 0.481 e. The molecule has 4 aromatic carbocycles. The Kier molecular flexibility index (Phi) is 12.6. The molecule has 2 N–H and O–H groups in total. The van der Waals surface area contributed by atoms with Gasteiger partial charge in [0.25, 0.3) is 5.91 Å². The van der Waals surface area contributed by atoms with Crippen molar-refractivity contribution in [3.8, 4) is 28.0 Å². The summed E-state index contributed by atoms with van der Waals surface area (Å²) in [5, 5.41) is 12.0. The summed E-state index contributed by atoms with van der Waals surface area (Å²) >= 11 is 0. The second-order valence-corrected chi connectivity index (χ2v) is 11.2. The number of carbonyl (C=O) groups excluding carboxylic acids is 1. The summed E-state index contributed by atoms with van der Waals surface area (Å²) in [5.41, 5.74) is -2.52. The molecule has 0 aliphatic carbocycles. The van der Waals surface area contributed by atoms with Gasteiger partial charge in [0, 0.05) is 41.5 Å². The maximum absolute atomic E-state index is 13.7. The fraction of sp³-hybridized carbons (Fsp3) is 0.278. The van der Waals surface area contributed by atoms with Gasteiger partial charge in [-0.15, -0.1) is 0 Å². The standard InChI is InChI=1S/C36H31F8NO5/c37-28-12-11-24(31(38)19-28)20-49-14-4-2-1-3-13-45-34(48)25-17-29(22-7-5-9-26(15-22)35(39,40)41)33(50-21-32(46)47)30(18-25)23-8-6-10-27(16-23)36(42,43)44/h5-12,15-19H,1-4,13-14,20-21H2,(H,45,48)(H,46,47). The van der Waals surface area contributed by atoms with Gasteiger partial charge in [-0.3, -0.25) is 4.79 Å². The molecule has 0 unspecified atom stereocenters. The molecule has 0 aliphatic heterocycles. The van der Waals surface area contributed by atoms with Crippen LogP contribution in [-0.4, -0.2) is 36.7 Å². The van der Waals surface area contributed by atoms with E-state index in [1.54, 1.807) is 0 Å². The van der Waals surface area contributed by atoms with Crippen molar-refractivity contribution in [1.29, 1.82) is 0 Å². The van der Waals surface area contributed by atoms with E-state index >= 15 is 0 Å². The van der Waals surface area contributed by atoms with Gasteiger partial charge in [0.15, 0.2) is 6.61 Å². The van der Waals surface area contributed by atoms with Gasteiger partial charge in [-0.1, -0.05) is 43.2 Å². The first-order valence-electron chi connectivity index (χ1n) is 15.3. The summed E-state index contributed by atoms with van der Waals surface area (Å²) in [6, 6.07) is 13.5. The molecule has 4 rings (SSSR count). The molecule has 0 heterocycles. The summed E-state index contributed by atoms with van der Waals surface area (Å²) < 4.78 is 119. The Morgan fingerprint density at radius 2 is 1.30 bits per heavy atom. The van der Waals surface area contributed by atoms with Crippen LogP contribution in [0.25, 0.3) is 22.3 Å². The molecule has 266 valence electrons. The van der Waals surface area contributed by atoms with Crippen molar-refractivity contribution in [1.82, 2.24) is 5.32 Å². The van der Waals surface area contributed by atoms with Crippen LogP contribution in [0, 0.1) is 11.6 Å². The average molecular weight is 710 g/mol. The Hall–Kier alpha value is -4.98. The Morgan fingerprint density at radius 1 is 0.720 bits per heavy atom. The highest BCUT2D eigenvalue weighted by atomic mass is 19.4. The van der Waals surface area contributed by atoms with E-state index in [0.717, 1.165) is 48.5 Å². The number of amides is 1. The molecule has 0 atom stereocenters. The smallest absolute Gasteiger partial charge is 0.416 e. The summed E-state index contributed by atoms with van der Waals surface area (Å²) in [6.07, 6.45) is -7.04. The van der Waals surface area contributed by atoms with Crippen LogP contribution in [0.5, 0.6) is 5.75 Å². The minimum Gasteiger partial charge on any atom is -0.481 e. The molecule has 0 aliphatic rings. The number of benzene rings is 4. The number of nitrogens with one attached hydrogen (secondary N) is 1. The van der Waals surface area contributed by atoms with E-state index in [2.05, 4.69) is 5.32 Å². The van der Waals surface area contributed by atoms with E-state index in [1.165, 1.54) is 30.3 Å². The van der Waals surface area contributed by atoms with Gasteiger partial charge in [-0.05, 0) is 66.4 Å². The van der Waals surface area contributed by atoms with Crippen LogP contribution in [0.3, 0.4) is 0 Å². The fourth-order valence-electron chi connectivity index (χ4n) is 5.01. The number of carboxylic acid groups (broad SMARTS) is 1. The zero-order chi connectivity index (χ0) is 36.5. The van der Waals surface area contributed by atoms with E-state index in [-0.39, 0.29) is 52.3 Å². The van der Waals surface area contributed by atoms with Crippen molar-refractivity contribution >= 4 is 11.9 Å². The number of unbranched alkanes of at least 4 members (excludes halogenated alkanes) is 3. The maximum Gasteiger partial charge on any atom is 0.416 e. The molecule has 6 nitrogen and oxygen atoms in total. The minimum atomic E-state index is -4.76. The molecule has 0 saturated heterocycles. The van der Waals surface area contributed by atoms with Crippen molar-refractivity contribution < 1.29 is 59.3 Å². The molecule has 0 fully saturated rings. The van der Waals surface area contributed by atoms with Gasteiger partial charge < -0.3 is 19.9 Å². The molecular formula is C36H31F8NO5. The number of alkyl halides is 6. The number of aliphatic carboxylic acids is 1. The highest BCUT2D eigenvalue weighted by molar-refractivity contribution is 5.99. The minimum absolute atomic E-state index is 0.0206. The summed E-state index contributed by atoms with van der Waals surface area (Å²) in [5.74, 6) is -3.85. The summed E-state index contributed by atoms with van der Waals surface area (Å²) in [6.45, 7) is -0.503. The molecule has 0 aromatic heterocycles. The van der Waals surface area contributed by atoms with Gasteiger partial charge in [0.1, 0.15) is 17.4 Å². The van der Waals surface area contributed by atoms with Crippen LogP contribution in [0.15, 0.2) is 78.9 Å². The second-order valence-electron chi connectivity index (χ2n) is 11.2. The lowest BCUT2D eigenvalue weighted by atomic mass is 9.92. The maximum atomic E-state index is 13.7. The molecular weight excluding hydrogens is 678 g/mol. The van der Waals surface area contributed by atoms with Crippen LogP contribution < -0.4 is 10.1 Å². The molecule has 4 aromatic rings. The lowest BCUT2D eigenvalue weighted by Gasteiger charge is -2.19. The van der Waals surface area contributed by atoms with Gasteiger partial charge in [-0.2, -0.15) is 26.3 Å². The monoisotopic (exact) mass is 709 g/mol. The quantitative estimate of drug-likeness (QED) is 0.0950. The number of carbonyl (C=O) groups is 2. The number of rotatable bonds is 15. The number of ether oxygens (including phenoxy) is 2. The van der Waals surface area contributed by atoms with Crippen LogP contribution in [0.1, 0.15) is 52.7 Å². The Morgan fingerprint density at radius 3 is 1.84 bits per heavy atom. The van der Waals surface area contributed by atoms with Crippen LogP contribution >= 0.6 is 0 Å². The van der Waals surface area contributed by atoms with Gasteiger partial charge >= 0.3 is 18.3 Å². The SMILES string of the molecule is O=C(O)COc1c(-c2cccc(C(F)(F)F)c2)cc(C(=O)NCCCCCCOCc2ccc(F)cc2F)cc1-c1cccc(C(F)(F)F)c1. The molecule has 0 bridgehead atoms. The molecule has 14 heteroatoms. The molecule has 0 radical (unpaired) electrons. The van der Waals surface area contributed by atoms with E-state index in [1.807, 2.05) is 0 Å². The predicted molar refractivity (Wildman–Crippen MR) is 167 cm³/mol. The first-order valence-corrected chi connectivity index (χ1v) is 15.3. The van der Waals surface area contributed by atoms with E-state index < -0.39 is 53.6 Å². The third kappa shape index (κ3) is 10.5. The lowest BCUT2D eigenvalue weighted by molar-refractivity contribution is -0.139. The van der Waals surface area contributed by atoms with E-state index in [9.17, 15) is 49.8 Å². The van der Waals surface area contributed by atoms with Gasteiger partial charge in [0.05, 0.1) is 17.7 Å². The molecule has 0 spiro atoms. The summed E-state index contributed by atoms with van der Waals surface area (Å²) in [4.78, 5) is 24.7. The number of carboxylic acids is 1. The van der Waals surface area contributed by atoms with Crippen molar-refractivity contribution in [3.63, 3.8) is 0 Å². The molecule has 50 heavy (non-hydrogen) atoms. The predicted octanol–water partition coefficient (Wildman–Crippen LogP) is 9.31. The number of hydrogen-bond acceptors (Lipinski definition) is 4. The first-order chi connectivity index (χ1) is 23.6. The zero-order valence-corrected chi connectivity index (χ0v) is 26.3. The third-order valence-corrected chi connectivity index (χ3v) is 7.47. The topological polar surface area (TPSA) is 84.9 Å². The molecule has 1 amide bonds. The fourth-order valence-corrected chi connectivity index (χ4v) is 5.01. The van der Waals surface area contributed by atoms with Crippen molar-refractivity contribution in [2.75, 3.05) is 19.8 Å². The average Bonchev–Trinajstić information content (AvgIpc) is 3.06. The first kappa shape index (κ1) is 37.8. The van der Waals surface area contributed by atoms with E-state index in [0.29, 0.717) is 32.3 Å².